The molecule has 3 rings (SSSR count). The van der Waals surface area contributed by atoms with Crippen molar-refractivity contribution in [2.75, 3.05) is 32.3 Å². The van der Waals surface area contributed by atoms with Crippen LogP contribution in [0.1, 0.15) is 44.6 Å². The van der Waals surface area contributed by atoms with Crippen molar-refractivity contribution in [2.45, 2.75) is 39.0 Å². The van der Waals surface area contributed by atoms with Crippen LogP contribution in [-0.2, 0) is 14.3 Å². The number of nitrogens with one attached hydrogen (secondary N) is 1. The number of hydrogen-bond donors (Lipinski definition) is 1. The molecular weight excluding hydrogens is 402 g/mol. The van der Waals surface area contributed by atoms with Crippen LogP contribution in [-0.4, -0.2) is 44.1 Å². The zero-order valence-electron chi connectivity index (χ0n) is 18.0. The number of Topliss-reactive ketones (excluding diaryl/α,β-unsaturated/α-hetero) is 1. The van der Waals surface area contributed by atoms with Crippen LogP contribution in [0.25, 0.3) is 0 Å². The molecule has 0 saturated carbocycles. The summed E-state index contributed by atoms with van der Waals surface area (Å²) in [5.41, 5.74) is 3.42. The lowest BCUT2D eigenvalue weighted by Gasteiger charge is -2.34. The Balaban J connectivity index is 2.09. The molecule has 0 unspecified atom stereocenters. The molecule has 1 atom stereocenters. The molecule has 0 bridgehead atoms. The maximum atomic E-state index is 13.2. The third-order valence-corrected chi connectivity index (χ3v) is 6.27. The summed E-state index contributed by atoms with van der Waals surface area (Å²) in [5, 5.41) is 3.31. The van der Waals surface area contributed by atoms with Crippen molar-refractivity contribution >= 4 is 23.5 Å². The summed E-state index contributed by atoms with van der Waals surface area (Å²) in [5.74, 6) is 2.05. The minimum absolute atomic E-state index is 0.0537. The predicted molar refractivity (Wildman–Crippen MR) is 118 cm³/mol. The average molecular weight is 432 g/mol. The summed E-state index contributed by atoms with van der Waals surface area (Å²) < 4.78 is 16.6. The second-order valence-electron chi connectivity index (χ2n) is 7.21. The second-order valence-corrected chi connectivity index (χ2v) is 8.60. The molecule has 6 nitrogen and oxygen atoms in total. The summed E-state index contributed by atoms with van der Waals surface area (Å²) in [6.07, 6.45) is 2.04. The highest BCUT2D eigenvalue weighted by molar-refractivity contribution is 7.99. The number of esters is 1. The maximum absolute atomic E-state index is 13.2. The Labute approximate surface area is 182 Å². The molecule has 1 aliphatic heterocycles. The van der Waals surface area contributed by atoms with Crippen molar-refractivity contribution in [1.29, 1.82) is 0 Å². The van der Waals surface area contributed by atoms with Gasteiger partial charge in [0.1, 0.15) is 18.1 Å². The first-order valence-electron chi connectivity index (χ1n) is 10.2. The lowest BCUT2D eigenvalue weighted by atomic mass is 9.75. The number of dihydropyridines is 1. The van der Waals surface area contributed by atoms with E-state index in [0.717, 1.165) is 35.6 Å². The van der Waals surface area contributed by atoms with Crippen LogP contribution in [0.4, 0.5) is 0 Å². The highest BCUT2D eigenvalue weighted by Gasteiger charge is 2.40. The van der Waals surface area contributed by atoms with E-state index in [4.69, 9.17) is 14.2 Å². The second kappa shape index (κ2) is 10.1. The highest BCUT2D eigenvalue weighted by Crippen LogP contribution is 2.46. The molecule has 1 N–H and O–H groups in total. The Morgan fingerprint density at radius 2 is 2.03 bits per heavy atom. The minimum atomic E-state index is -0.551. The normalized spacial score (nSPS) is 18.7. The van der Waals surface area contributed by atoms with E-state index in [1.807, 2.05) is 13.0 Å². The maximum Gasteiger partial charge on any atom is 0.336 e. The molecule has 7 heteroatoms. The Morgan fingerprint density at radius 3 is 2.73 bits per heavy atom. The molecule has 0 fully saturated rings. The molecule has 1 aromatic rings. The molecule has 1 aromatic carbocycles. The first-order valence-corrected chi connectivity index (χ1v) is 11.4. The van der Waals surface area contributed by atoms with Crippen molar-refractivity contribution < 1.29 is 23.8 Å². The SMILES string of the molecule is CCSCCOC(=O)C1=C(C)NC2=C(C(=O)CCC2)[C@H]1c1cc(OC)ccc1OC. The van der Waals surface area contributed by atoms with Gasteiger partial charge in [-0.15, -0.1) is 0 Å². The number of thioether (sulfide) groups is 1. The molecule has 2 aliphatic rings. The number of methoxy groups -OCH3 is 2. The van der Waals surface area contributed by atoms with E-state index >= 15 is 0 Å². The van der Waals surface area contributed by atoms with Crippen LogP contribution >= 0.6 is 11.8 Å². The molecule has 0 aromatic heterocycles. The number of carbonyl (C=O) groups excluding carboxylic acids is 2. The van der Waals surface area contributed by atoms with Crippen LogP contribution in [0.2, 0.25) is 0 Å². The first-order chi connectivity index (χ1) is 14.5. The lowest BCUT2D eigenvalue weighted by Crippen LogP contribution is -2.34. The Kier molecular flexibility index (Phi) is 7.48. The molecule has 162 valence electrons. The summed E-state index contributed by atoms with van der Waals surface area (Å²) in [6, 6.07) is 5.45. The first kappa shape index (κ1) is 22.3. The monoisotopic (exact) mass is 431 g/mol. The van der Waals surface area contributed by atoms with Crippen molar-refractivity contribution in [3.8, 4) is 11.5 Å². The van der Waals surface area contributed by atoms with Gasteiger partial charge < -0.3 is 19.5 Å². The molecule has 1 aliphatic carbocycles. The summed E-state index contributed by atoms with van der Waals surface area (Å²) in [6.45, 7) is 4.26. The van der Waals surface area contributed by atoms with Crippen molar-refractivity contribution in [3.05, 3.63) is 46.3 Å². The van der Waals surface area contributed by atoms with Gasteiger partial charge in [-0.05, 0) is 43.7 Å². The van der Waals surface area contributed by atoms with E-state index in [9.17, 15) is 9.59 Å². The van der Waals surface area contributed by atoms with Crippen molar-refractivity contribution in [3.63, 3.8) is 0 Å². The number of ether oxygens (including phenoxy) is 3. The van der Waals surface area contributed by atoms with Crippen LogP contribution in [0.3, 0.4) is 0 Å². The molecule has 0 spiro atoms. The minimum Gasteiger partial charge on any atom is -0.497 e. The van der Waals surface area contributed by atoms with E-state index < -0.39 is 11.9 Å². The van der Waals surface area contributed by atoms with Gasteiger partial charge in [0.2, 0.25) is 0 Å². The zero-order chi connectivity index (χ0) is 21.7. The van der Waals surface area contributed by atoms with Gasteiger partial charge in [-0.2, -0.15) is 11.8 Å². The zero-order valence-corrected chi connectivity index (χ0v) is 18.8. The van der Waals surface area contributed by atoms with Gasteiger partial charge in [0.25, 0.3) is 0 Å². The topological polar surface area (TPSA) is 73.9 Å². The van der Waals surface area contributed by atoms with Crippen LogP contribution < -0.4 is 14.8 Å². The van der Waals surface area contributed by atoms with E-state index in [0.29, 0.717) is 41.4 Å². The van der Waals surface area contributed by atoms with Crippen molar-refractivity contribution in [1.82, 2.24) is 5.32 Å². The van der Waals surface area contributed by atoms with Gasteiger partial charge >= 0.3 is 5.97 Å². The van der Waals surface area contributed by atoms with Gasteiger partial charge in [-0.3, -0.25) is 4.79 Å². The number of rotatable bonds is 8. The molecule has 0 radical (unpaired) electrons. The third kappa shape index (κ3) is 4.51. The highest BCUT2D eigenvalue weighted by atomic mass is 32.2. The lowest BCUT2D eigenvalue weighted by molar-refractivity contribution is -0.138. The predicted octanol–water partition coefficient (Wildman–Crippen LogP) is 3.97. The standard InChI is InChI=1S/C23H29NO5S/c1-5-30-12-11-29-23(26)20-14(2)24-17-7-6-8-18(25)22(17)21(20)16-13-15(27-3)9-10-19(16)28-4/h9-10,13,21,24H,5-8,11-12H2,1-4H3/t21-/m0/s1. The third-order valence-electron chi connectivity index (χ3n) is 5.41. The fourth-order valence-electron chi connectivity index (χ4n) is 4.05. The fraction of sp³-hybridized carbons (Fsp3) is 0.478. The van der Waals surface area contributed by atoms with Crippen molar-refractivity contribution in [2.24, 2.45) is 0 Å². The quantitative estimate of drug-likeness (QED) is 0.493. The number of allylic oxidation sites excluding steroid dienone is 3. The van der Waals surface area contributed by atoms with E-state index in [-0.39, 0.29) is 5.78 Å². The Morgan fingerprint density at radius 1 is 1.23 bits per heavy atom. The van der Waals surface area contributed by atoms with Crippen LogP contribution in [0, 0.1) is 0 Å². The summed E-state index contributed by atoms with van der Waals surface area (Å²) in [4.78, 5) is 26.1. The Hall–Kier alpha value is -2.41. The molecule has 0 saturated heterocycles. The van der Waals surface area contributed by atoms with Gasteiger partial charge in [0.15, 0.2) is 5.78 Å². The number of carbonyl (C=O) groups is 2. The molecule has 1 heterocycles. The largest absolute Gasteiger partial charge is 0.497 e. The smallest absolute Gasteiger partial charge is 0.336 e. The molecule has 0 amide bonds. The average Bonchev–Trinajstić information content (AvgIpc) is 2.75. The van der Waals surface area contributed by atoms with E-state index in [1.165, 1.54) is 0 Å². The van der Waals surface area contributed by atoms with Gasteiger partial charge in [0.05, 0.1) is 25.7 Å². The van der Waals surface area contributed by atoms with Gasteiger partial charge in [0, 0.05) is 34.7 Å². The molecular formula is C23H29NO5S. The van der Waals surface area contributed by atoms with Crippen LogP contribution in [0.15, 0.2) is 40.7 Å². The fourth-order valence-corrected chi connectivity index (χ4v) is 4.54. The molecule has 30 heavy (non-hydrogen) atoms. The number of ketones is 1. The van der Waals surface area contributed by atoms with Crippen LogP contribution in [0.5, 0.6) is 11.5 Å². The number of hydrogen-bond acceptors (Lipinski definition) is 7. The van der Waals surface area contributed by atoms with Gasteiger partial charge in [-0.25, -0.2) is 4.79 Å². The van der Waals surface area contributed by atoms with Gasteiger partial charge in [-0.1, -0.05) is 6.92 Å². The van der Waals surface area contributed by atoms with E-state index in [1.54, 1.807) is 38.1 Å². The summed E-state index contributed by atoms with van der Waals surface area (Å²) >= 11 is 1.72. The Bertz CT molecular complexity index is 890. The summed E-state index contributed by atoms with van der Waals surface area (Å²) in [7, 11) is 3.17. The van der Waals surface area contributed by atoms with E-state index in [2.05, 4.69) is 12.2 Å². The number of benzene rings is 1.